The number of carbonyl (C=O) groups is 1. The maximum atomic E-state index is 11.3. The van der Waals surface area contributed by atoms with Gasteiger partial charge in [-0.1, -0.05) is 0 Å². The number of ether oxygens (including phenoxy) is 1. The highest BCUT2D eigenvalue weighted by molar-refractivity contribution is 5.89. The molecule has 0 aliphatic carbocycles. The quantitative estimate of drug-likeness (QED) is 0.750. The highest BCUT2D eigenvalue weighted by Crippen LogP contribution is 2.06. The van der Waals surface area contributed by atoms with E-state index in [0.717, 1.165) is 0 Å². The molecule has 0 aromatic carbocycles. The van der Waals surface area contributed by atoms with Crippen LogP contribution in [0.3, 0.4) is 0 Å². The number of esters is 1. The van der Waals surface area contributed by atoms with Gasteiger partial charge in [-0.05, 0) is 19.2 Å². The Bertz CT molecular complexity index is 521. The van der Waals surface area contributed by atoms with Crippen molar-refractivity contribution in [2.75, 3.05) is 14.2 Å². The molecule has 84 valence electrons. The molecule has 0 spiro atoms. The second-order valence-electron chi connectivity index (χ2n) is 3.27. The lowest BCUT2D eigenvalue weighted by molar-refractivity contribution is 0.0600. The van der Waals surface area contributed by atoms with E-state index in [-0.39, 0.29) is 5.97 Å². The fraction of sp³-hybridized carbons (Fsp3) is 0.300. The summed E-state index contributed by atoms with van der Waals surface area (Å²) in [6.45, 7) is 0.592. The summed E-state index contributed by atoms with van der Waals surface area (Å²) in [4.78, 5) is 15.6. The summed E-state index contributed by atoms with van der Waals surface area (Å²) in [5.41, 5.74) is 1.16. The number of carbonyl (C=O) groups excluding carboxylic acids is 1. The fourth-order valence-electron chi connectivity index (χ4n) is 1.40. The monoisotopic (exact) mass is 220 g/mol. The second-order valence-corrected chi connectivity index (χ2v) is 3.27. The number of hydrogen-bond donors (Lipinski definition) is 1. The van der Waals surface area contributed by atoms with E-state index in [0.29, 0.717) is 23.6 Å². The average Bonchev–Trinajstić information content (AvgIpc) is 2.69. The predicted octanol–water partition coefficient (Wildman–Crippen LogP) is 0.235. The Labute approximate surface area is 92.2 Å². The Balaban J connectivity index is 2.41. The molecule has 2 aromatic heterocycles. The van der Waals surface area contributed by atoms with Crippen LogP contribution in [0.15, 0.2) is 18.3 Å². The van der Waals surface area contributed by atoms with Crippen LogP contribution in [0.4, 0.5) is 0 Å². The Hall–Kier alpha value is -1.95. The SMILES string of the molecule is CNCc1nc2ccc(C(=O)OC)cn2n1. The normalized spacial score (nSPS) is 10.6. The van der Waals surface area contributed by atoms with Crippen LogP contribution in [0.25, 0.3) is 5.65 Å². The third kappa shape index (κ3) is 1.87. The van der Waals surface area contributed by atoms with Crippen LogP contribution in [0.2, 0.25) is 0 Å². The number of nitrogens with one attached hydrogen (secondary N) is 1. The highest BCUT2D eigenvalue weighted by Gasteiger charge is 2.08. The molecule has 1 N–H and O–H groups in total. The van der Waals surface area contributed by atoms with Crippen LogP contribution in [-0.2, 0) is 11.3 Å². The molecule has 0 radical (unpaired) electrons. The summed E-state index contributed by atoms with van der Waals surface area (Å²) in [6, 6.07) is 3.40. The molecule has 0 unspecified atom stereocenters. The van der Waals surface area contributed by atoms with Crippen molar-refractivity contribution in [2.24, 2.45) is 0 Å². The van der Waals surface area contributed by atoms with Gasteiger partial charge in [-0.25, -0.2) is 14.3 Å². The molecular formula is C10H12N4O2. The lowest BCUT2D eigenvalue weighted by atomic mass is 10.3. The molecule has 0 saturated carbocycles. The number of aromatic nitrogens is 3. The van der Waals surface area contributed by atoms with Crippen molar-refractivity contribution in [1.29, 1.82) is 0 Å². The molecule has 2 heterocycles. The van der Waals surface area contributed by atoms with Gasteiger partial charge in [-0.15, -0.1) is 5.10 Å². The van der Waals surface area contributed by atoms with Gasteiger partial charge in [0, 0.05) is 6.20 Å². The molecule has 2 aromatic rings. The zero-order valence-electron chi connectivity index (χ0n) is 9.10. The summed E-state index contributed by atoms with van der Waals surface area (Å²) in [5.74, 6) is 0.303. The van der Waals surface area contributed by atoms with Crippen molar-refractivity contribution >= 4 is 11.6 Å². The third-order valence-corrected chi connectivity index (χ3v) is 2.13. The summed E-state index contributed by atoms with van der Waals surface area (Å²) in [7, 11) is 3.17. The molecule has 0 saturated heterocycles. The zero-order chi connectivity index (χ0) is 11.5. The molecule has 0 amide bonds. The standard InChI is InChI=1S/C10H12N4O2/c1-11-5-8-12-9-4-3-7(10(15)16-2)6-14(9)13-8/h3-4,6,11H,5H2,1-2H3. The van der Waals surface area contributed by atoms with Crippen LogP contribution < -0.4 is 5.32 Å². The van der Waals surface area contributed by atoms with Gasteiger partial charge in [0.15, 0.2) is 11.5 Å². The van der Waals surface area contributed by atoms with Crippen molar-refractivity contribution in [3.8, 4) is 0 Å². The molecule has 16 heavy (non-hydrogen) atoms. The molecule has 0 bridgehead atoms. The van der Waals surface area contributed by atoms with E-state index >= 15 is 0 Å². The van der Waals surface area contributed by atoms with Gasteiger partial charge < -0.3 is 10.1 Å². The molecular weight excluding hydrogens is 208 g/mol. The Morgan fingerprint density at radius 2 is 2.38 bits per heavy atom. The Kier molecular flexibility index (Phi) is 2.82. The second kappa shape index (κ2) is 4.28. The predicted molar refractivity (Wildman–Crippen MR) is 57.1 cm³/mol. The van der Waals surface area contributed by atoms with Crippen molar-refractivity contribution in [2.45, 2.75) is 6.54 Å². The van der Waals surface area contributed by atoms with E-state index in [1.54, 1.807) is 22.8 Å². The maximum Gasteiger partial charge on any atom is 0.339 e. The van der Waals surface area contributed by atoms with E-state index in [1.165, 1.54) is 7.11 Å². The number of methoxy groups -OCH3 is 1. The molecule has 2 rings (SSSR count). The van der Waals surface area contributed by atoms with E-state index in [4.69, 9.17) is 0 Å². The van der Waals surface area contributed by atoms with E-state index in [9.17, 15) is 4.79 Å². The van der Waals surface area contributed by atoms with Gasteiger partial charge in [-0.2, -0.15) is 0 Å². The molecule has 0 aliphatic rings. The number of hydrogen-bond acceptors (Lipinski definition) is 5. The van der Waals surface area contributed by atoms with Gasteiger partial charge in [0.1, 0.15) is 0 Å². The smallest absolute Gasteiger partial charge is 0.339 e. The van der Waals surface area contributed by atoms with Crippen molar-refractivity contribution in [1.82, 2.24) is 19.9 Å². The van der Waals surface area contributed by atoms with Crippen molar-refractivity contribution in [3.63, 3.8) is 0 Å². The Morgan fingerprint density at radius 3 is 3.06 bits per heavy atom. The third-order valence-electron chi connectivity index (χ3n) is 2.13. The maximum absolute atomic E-state index is 11.3. The lowest BCUT2D eigenvalue weighted by Crippen LogP contribution is -2.06. The van der Waals surface area contributed by atoms with Crippen LogP contribution in [-0.4, -0.2) is 34.7 Å². The van der Waals surface area contributed by atoms with Gasteiger partial charge in [0.25, 0.3) is 0 Å². The number of rotatable bonds is 3. The molecule has 0 fully saturated rings. The minimum atomic E-state index is -0.382. The average molecular weight is 220 g/mol. The minimum Gasteiger partial charge on any atom is -0.465 e. The highest BCUT2D eigenvalue weighted by atomic mass is 16.5. The topological polar surface area (TPSA) is 68.5 Å². The van der Waals surface area contributed by atoms with Crippen molar-refractivity contribution in [3.05, 3.63) is 29.7 Å². The van der Waals surface area contributed by atoms with Gasteiger partial charge >= 0.3 is 5.97 Å². The fourth-order valence-corrected chi connectivity index (χ4v) is 1.40. The zero-order valence-corrected chi connectivity index (χ0v) is 9.10. The molecule has 0 atom stereocenters. The van der Waals surface area contributed by atoms with Gasteiger partial charge in [-0.3, -0.25) is 0 Å². The summed E-state index contributed by atoms with van der Waals surface area (Å²) >= 11 is 0. The van der Waals surface area contributed by atoms with Crippen LogP contribution in [0.5, 0.6) is 0 Å². The number of pyridine rings is 1. The summed E-state index contributed by atoms with van der Waals surface area (Å²) in [6.07, 6.45) is 1.60. The van der Waals surface area contributed by atoms with Crippen LogP contribution >= 0.6 is 0 Å². The lowest BCUT2D eigenvalue weighted by Gasteiger charge is -1.98. The molecule has 0 aliphatic heterocycles. The first-order valence-electron chi connectivity index (χ1n) is 4.83. The van der Waals surface area contributed by atoms with E-state index < -0.39 is 0 Å². The number of nitrogens with zero attached hydrogens (tertiary/aromatic N) is 3. The van der Waals surface area contributed by atoms with Crippen LogP contribution in [0, 0.1) is 0 Å². The first kappa shape index (κ1) is 10.6. The molecule has 6 heteroatoms. The van der Waals surface area contributed by atoms with Crippen molar-refractivity contribution < 1.29 is 9.53 Å². The van der Waals surface area contributed by atoms with Gasteiger partial charge in [0.2, 0.25) is 0 Å². The minimum absolute atomic E-state index is 0.382. The van der Waals surface area contributed by atoms with Crippen LogP contribution in [0.1, 0.15) is 16.2 Å². The summed E-state index contributed by atoms with van der Waals surface area (Å²) in [5, 5.41) is 7.18. The molecule has 6 nitrogen and oxygen atoms in total. The van der Waals surface area contributed by atoms with Gasteiger partial charge in [0.05, 0.1) is 19.2 Å². The van der Waals surface area contributed by atoms with E-state index in [2.05, 4.69) is 20.1 Å². The first-order valence-corrected chi connectivity index (χ1v) is 4.83. The van der Waals surface area contributed by atoms with E-state index in [1.807, 2.05) is 7.05 Å². The number of fused-ring (bicyclic) bond motifs is 1. The first-order chi connectivity index (χ1) is 7.74. The summed E-state index contributed by atoms with van der Waals surface area (Å²) < 4.78 is 6.20. The largest absolute Gasteiger partial charge is 0.465 e. The Morgan fingerprint density at radius 1 is 1.56 bits per heavy atom.